The van der Waals surface area contributed by atoms with Crippen molar-refractivity contribution in [1.29, 1.82) is 0 Å². The molecule has 2 atom stereocenters. The number of amides is 2. The highest BCUT2D eigenvalue weighted by Gasteiger charge is 2.28. The van der Waals surface area contributed by atoms with Crippen LogP contribution in [-0.4, -0.2) is 40.4 Å². The van der Waals surface area contributed by atoms with E-state index in [0.717, 1.165) is 6.42 Å². The van der Waals surface area contributed by atoms with Crippen LogP contribution in [0.25, 0.3) is 0 Å². The molecular formula is C13H21N3O3. The summed E-state index contributed by atoms with van der Waals surface area (Å²) in [4.78, 5) is 13.8. The Morgan fingerprint density at radius 3 is 3.00 bits per heavy atom. The number of aryl methyl sites for hydroxylation is 2. The normalized spacial score (nSPS) is 23.5. The maximum atomic E-state index is 12.2. The number of carbonyl (C=O) groups is 1. The first-order chi connectivity index (χ1) is 9.02. The summed E-state index contributed by atoms with van der Waals surface area (Å²) in [5, 5.41) is 16.5. The van der Waals surface area contributed by atoms with Crippen molar-refractivity contribution >= 4 is 11.7 Å². The maximum absolute atomic E-state index is 12.2. The van der Waals surface area contributed by atoms with Crippen molar-refractivity contribution < 1.29 is 14.4 Å². The van der Waals surface area contributed by atoms with E-state index in [1.165, 1.54) is 0 Å². The van der Waals surface area contributed by atoms with Crippen LogP contribution < -0.4 is 5.32 Å². The summed E-state index contributed by atoms with van der Waals surface area (Å²) < 4.78 is 5.14. The number of aliphatic hydroxyl groups is 1. The first kappa shape index (κ1) is 13.9. The van der Waals surface area contributed by atoms with Crippen LogP contribution in [0.5, 0.6) is 0 Å². The van der Waals surface area contributed by atoms with Gasteiger partial charge in [0, 0.05) is 19.5 Å². The number of urea groups is 1. The number of hydrogen-bond acceptors (Lipinski definition) is 4. The van der Waals surface area contributed by atoms with E-state index in [9.17, 15) is 9.90 Å². The zero-order valence-electron chi connectivity index (χ0n) is 11.6. The lowest BCUT2D eigenvalue weighted by Gasteiger charge is -2.34. The molecule has 0 saturated carbocycles. The Balaban J connectivity index is 2.03. The van der Waals surface area contributed by atoms with Crippen molar-refractivity contribution in [2.24, 2.45) is 5.92 Å². The van der Waals surface area contributed by atoms with Gasteiger partial charge >= 0.3 is 6.03 Å². The quantitative estimate of drug-likeness (QED) is 0.856. The van der Waals surface area contributed by atoms with E-state index < -0.39 is 6.10 Å². The van der Waals surface area contributed by atoms with Crippen LogP contribution in [0, 0.1) is 12.8 Å². The number of nitrogens with one attached hydrogen (secondary N) is 1. The lowest BCUT2D eigenvalue weighted by Crippen LogP contribution is -2.47. The van der Waals surface area contributed by atoms with Crippen molar-refractivity contribution in [3.8, 4) is 0 Å². The van der Waals surface area contributed by atoms with E-state index in [1.807, 2.05) is 13.8 Å². The van der Waals surface area contributed by atoms with Gasteiger partial charge in [-0.2, -0.15) is 0 Å². The SMILES string of the molecule is CCc1onc(C)c1NC(=O)N1CCC(C)C(O)C1. The first-order valence-electron chi connectivity index (χ1n) is 6.72. The van der Waals surface area contributed by atoms with Gasteiger partial charge in [-0.1, -0.05) is 19.0 Å². The number of anilines is 1. The van der Waals surface area contributed by atoms with Gasteiger partial charge in [-0.15, -0.1) is 0 Å². The fourth-order valence-electron chi connectivity index (χ4n) is 2.24. The number of β-amino-alcohol motifs (C(OH)–C–C–N with tert-alkyl or cyclic N) is 1. The van der Waals surface area contributed by atoms with E-state index in [2.05, 4.69) is 10.5 Å². The van der Waals surface area contributed by atoms with Crippen molar-refractivity contribution in [2.45, 2.75) is 39.7 Å². The number of rotatable bonds is 2. The molecule has 2 N–H and O–H groups in total. The fraction of sp³-hybridized carbons (Fsp3) is 0.692. The molecule has 2 heterocycles. The molecule has 0 bridgehead atoms. The zero-order valence-corrected chi connectivity index (χ0v) is 11.6. The third kappa shape index (κ3) is 2.89. The molecule has 1 aromatic rings. The molecule has 0 aliphatic carbocycles. The van der Waals surface area contributed by atoms with Gasteiger partial charge in [0.25, 0.3) is 0 Å². The molecule has 1 aromatic heterocycles. The van der Waals surface area contributed by atoms with Crippen molar-refractivity contribution in [2.75, 3.05) is 18.4 Å². The zero-order chi connectivity index (χ0) is 14.0. The molecule has 1 aliphatic heterocycles. The Hall–Kier alpha value is -1.56. The molecule has 2 amide bonds. The second-order valence-electron chi connectivity index (χ2n) is 5.13. The third-order valence-corrected chi connectivity index (χ3v) is 3.69. The van der Waals surface area contributed by atoms with E-state index in [0.29, 0.717) is 36.7 Å². The summed E-state index contributed by atoms with van der Waals surface area (Å²) in [5.74, 6) is 0.921. The Morgan fingerprint density at radius 1 is 1.63 bits per heavy atom. The standard InChI is InChI=1S/C13H21N3O3/c1-4-11-12(9(3)15-19-11)14-13(18)16-6-5-8(2)10(17)7-16/h8,10,17H,4-7H2,1-3H3,(H,14,18). The van der Waals surface area contributed by atoms with Crippen LogP contribution in [0.1, 0.15) is 31.7 Å². The highest BCUT2D eigenvalue weighted by atomic mass is 16.5. The van der Waals surface area contributed by atoms with Crippen LogP contribution in [0.2, 0.25) is 0 Å². The highest BCUT2D eigenvalue weighted by molar-refractivity contribution is 5.90. The summed E-state index contributed by atoms with van der Waals surface area (Å²) in [6, 6.07) is -0.202. The van der Waals surface area contributed by atoms with E-state index in [-0.39, 0.29) is 11.9 Å². The second kappa shape index (κ2) is 5.61. The molecule has 1 fully saturated rings. The molecular weight excluding hydrogens is 246 g/mol. The molecule has 1 saturated heterocycles. The summed E-state index contributed by atoms with van der Waals surface area (Å²) >= 11 is 0. The summed E-state index contributed by atoms with van der Waals surface area (Å²) in [5.41, 5.74) is 1.33. The van der Waals surface area contributed by atoms with Gasteiger partial charge in [-0.3, -0.25) is 0 Å². The number of piperidine rings is 1. The Labute approximate surface area is 112 Å². The van der Waals surface area contributed by atoms with E-state index in [4.69, 9.17) is 4.52 Å². The van der Waals surface area contributed by atoms with Crippen LogP contribution >= 0.6 is 0 Å². The Morgan fingerprint density at radius 2 is 2.37 bits per heavy atom. The van der Waals surface area contributed by atoms with Crippen molar-refractivity contribution in [3.63, 3.8) is 0 Å². The number of carbonyl (C=O) groups excluding carboxylic acids is 1. The molecule has 2 unspecified atom stereocenters. The monoisotopic (exact) mass is 267 g/mol. The maximum Gasteiger partial charge on any atom is 0.322 e. The van der Waals surface area contributed by atoms with Gasteiger partial charge in [0.15, 0.2) is 5.76 Å². The third-order valence-electron chi connectivity index (χ3n) is 3.69. The van der Waals surface area contributed by atoms with Crippen LogP contribution in [0.3, 0.4) is 0 Å². The molecule has 19 heavy (non-hydrogen) atoms. The first-order valence-corrected chi connectivity index (χ1v) is 6.72. The average Bonchev–Trinajstić information content (AvgIpc) is 2.74. The van der Waals surface area contributed by atoms with Gasteiger partial charge < -0.3 is 19.8 Å². The molecule has 6 heteroatoms. The average molecular weight is 267 g/mol. The van der Waals surface area contributed by atoms with E-state index in [1.54, 1.807) is 11.8 Å². The molecule has 0 spiro atoms. The van der Waals surface area contributed by atoms with E-state index >= 15 is 0 Å². The lowest BCUT2D eigenvalue weighted by atomic mass is 9.96. The number of likely N-dealkylation sites (tertiary alicyclic amines) is 1. The van der Waals surface area contributed by atoms with Gasteiger partial charge in [0.05, 0.1) is 6.10 Å². The summed E-state index contributed by atoms with van der Waals surface area (Å²) in [7, 11) is 0. The van der Waals surface area contributed by atoms with Crippen molar-refractivity contribution in [3.05, 3.63) is 11.5 Å². The lowest BCUT2D eigenvalue weighted by molar-refractivity contribution is 0.0463. The number of aliphatic hydroxyl groups excluding tert-OH is 1. The number of aromatic nitrogens is 1. The van der Waals surface area contributed by atoms with Crippen molar-refractivity contribution in [1.82, 2.24) is 10.1 Å². The topological polar surface area (TPSA) is 78.6 Å². The smallest absolute Gasteiger partial charge is 0.322 e. The van der Waals surface area contributed by atoms with Crippen LogP contribution in [-0.2, 0) is 6.42 Å². The minimum Gasteiger partial charge on any atom is -0.391 e. The predicted molar refractivity (Wildman–Crippen MR) is 71.0 cm³/mol. The molecule has 1 aliphatic rings. The summed E-state index contributed by atoms with van der Waals surface area (Å²) in [6.07, 6.45) is 1.04. The minimum atomic E-state index is -0.450. The highest BCUT2D eigenvalue weighted by Crippen LogP contribution is 2.22. The minimum absolute atomic E-state index is 0.202. The number of hydrogen-bond donors (Lipinski definition) is 2. The fourth-order valence-corrected chi connectivity index (χ4v) is 2.24. The molecule has 106 valence electrons. The van der Waals surface area contributed by atoms with Crippen LogP contribution in [0.15, 0.2) is 4.52 Å². The second-order valence-corrected chi connectivity index (χ2v) is 5.13. The molecule has 2 rings (SSSR count). The molecule has 0 radical (unpaired) electrons. The summed E-state index contributed by atoms with van der Waals surface area (Å²) in [6.45, 7) is 6.78. The van der Waals surface area contributed by atoms with Gasteiger partial charge in [0.1, 0.15) is 11.4 Å². The predicted octanol–water partition coefficient (Wildman–Crippen LogP) is 1.78. The van der Waals surface area contributed by atoms with Gasteiger partial charge in [-0.05, 0) is 19.3 Å². The molecule has 0 aromatic carbocycles. The Bertz CT molecular complexity index is 458. The largest absolute Gasteiger partial charge is 0.391 e. The van der Waals surface area contributed by atoms with Gasteiger partial charge in [0.2, 0.25) is 0 Å². The molecule has 6 nitrogen and oxygen atoms in total. The Kier molecular flexibility index (Phi) is 4.09. The number of nitrogens with zero attached hydrogens (tertiary/aromatic N) is 2. The van der Waals surface area contributed by atoms with Crippen LogP contribution in [0.4, 0.5) is 10.5 Å². The van der Waals surface area contributed by atoms with Gasteiger partial charge in [-0.25, -0.2) is 4.79 Å².